The highest BCUT2D eigenvalue weighted by atomic mass is 19.4. The molecule has 0 bridgehead atoms. The van der Waals surface area contributed by atoms with Gasteiger partial charge in [-0.3, -0.25) is 9.59 Å². The fourth-order valence-corrected chi connectivity index (χ4v) is 4.17. The first-order valence-corrected chi connectivity index (χ1v) is 12.8. The number of fused-ring (bicyclic) bond motifs is 1. The smallest absolute Gasteiger partial charge is 0.389 e. The molecule has 1 heterocycles. The van der Waals surface area contributed by atoms with E-state index >= 15 is 0 Å². The van der Waals surface area contributed by atoms with Crippen molar-refractivity contribution in [2.75, 3.05) is 38.7 Å². The van der Waals surface area contributed by atoms with Gasteiger partial charge in [0.15, 0.2) is 0 Å². The van der Waals surface area contributed by atoms with Crippen LogP contribution in [0.4, 0.5) is 18.9 Å². The Morgan fingerprint density at radius 3 is 2.65 bits per heavy atom. The first-order chi connectivity index (χ1) is 17.4. The molecule has 2 amide bonds. The molecule has 0 fully saturated rings. The third-order valence-electron chi connectivity index (χ3n) is 6.38. The van der Waals surface area contributed by atoms with Crippen LogP contribution in [-0.2, 0) is 9.53 Å². The van der Waals surface area contributed by atoms with Crippen LogP contribution < -0.4 is 15.4 Å². The van der Waals surface area contributed by atoms with E-state index < -0.39 is 36.9 Å². The summed E-state index contributed by atoms with van der Waals surface area (Å²) < 4.78 is 49.8. The monoisotopic (exact) mass is 531 g/mol. The molecule has 8 nitrogen and oxygen atoms in total. The standard InChI is InChI=1S/C26H40F3N3O5/c1-17-15-32(18(2)16-33)25(35)21-13-20(31-24(34)10-11-26(27,28)29)8-9-22(21)37-19(3)7-5-6-12-36-23(17)14-30-4/h8-9,13,17-19,23,30,33H,5-7,10-12,14-16H2,1-4H3,(H,31,34)/t17-,18+,19-,23-/m1/s1. The quantitative estimate of drug-likeness (QED) is 0.492. The molecule has 1 aliphatic rings. The Hall–Kier alpha value is -2.37. The zero-order valence-electron chi connectivity index (χ0n) is 22.1. The van der Waals surface area contributed by atoms with E-state index in [1.807, 2.05) is 20.9 Å². The van der Waals surface area contributed by atoms with Crippen LogP contribution >= 0.6 is 0 Å². The molecule has 0 aliphatic carbocycles. The lowest BCUT2D eigenvalue weighted by Gasteiger charge is -2.34. The van der Waals surface area contributed by atoms with E-state index in [1.165, 1.54) is 12.1 Å². The summed E-state index contributed by atoms with van der Waals surface area (Å²) in [4.78, 5) is 27.5. The average molecular weight is 532 g/mol. The predicted octanol–water partition coefficient (Wildman–Crippen LogP) is 3.98. The lowest BCUT2D eigenvalue weighted by Crippen LogP contribution is -2.47. The van der Waals surface area contributed by atoms with Gasteiger partial charge in [-0.1, -0.05) is 6.92 Å². The molecule has 1 aliphatic heterocycles. The Kier molecular flexibility index (Phi) is 12.1. The molecule has 37 heavy (non-hydrogen) atoms. The Morgan fingerprint density at radius 2 is 2.00 bits per heavy atom. The number of carbonyl (C=O) groups excluding carboxylic acids is 2. The van der Waals surface area contributed by atoms with Crippen molar-refractivity contribution in [2.45, 2.75) is 77.3 Å². The Balaban J connectivity index is 2.42. The third-order valence-corrected chi connectivity index (χ3v) is 6.38. The molecule has 0 aromatic heterocycles. The van der Waals surface area contributed by atoms with Crippen LogP contribution in [0.25, 0.3) is 0 Å². The highest BCUT2D eigenvalue weighted by molar-refractivity contribution is 5.99. The second kappa shape index (κ2) is 14.5. The summed E-state index contributed by atoms with van der Waals surface area (Å²) in [7, 11) is 1.83. The van der Waals surface area contributed by atoms with Gasteiger partial charge in [-0.25, -0.2) is 0 Å². The summed E-state index contributed by atoms with van der Waals surface area (Å²) in [5.41, 5.74) is 0.355. The average Bonchev–Trinajstić information content (AvgIpc) is 2.84. The fourth-order valence-electron chi connectivity index (χ4n) is 4.17. The first-order valence-electron chi connectivity index (χ1n) is 12.8. The number of rotatable bonds is 7. The van der Waals surface area contributed by atoms with Crippen LogP contribution in [0.3, 0.4) is 0 Å². The summed E-state index contributed by atoms with van der Waals surface area (Å²) in [6.45, 7) is 6.82. The van der Waals surface area contributed by atoms with E-state index in [4.69, 9.17) is 9.47 Å². The molecule has 0 spiro atoms. The summed E-state index contributed by atoms with van der Waals surface area (Å²) in [6, 6.07) is 3.96. The minimum absolute atomic E-state index is 0.0677. The number of likely N-dealkylation sites (N-methyl/N-ethyl adjacent to an activating group) is 1. The summed E-state index contributed by atoms with van der Waals surface area (Å²) in [5.74, 6) is -0.973. The van der Waals surface area contributed by atoms with Crippen LogP contribution in [0.5, 0.6) is 5.75 Å². The molecule has 11 heteroatoms. The van der Waals surface area contributed by atoms with Gasteiger partial charge in [-0.15, -0.1) is 0 Å². The molecule has 1 aromatic rings. The summed E-state index contributed by atoms with van der Waals surface area (Å²) in [5, 5.41) is 15.5. The maximum atomic E-state index is 13.8. The lowest BCUT2D eigenvalue weighted by molar-refractivity contribution is -0.142. The summed E-state index contributed by atoms with van der Waals surface area (Å²) >= 11 is 0. The number of halogens is 3. The molecule has 4 atom stereocenters. The number of hydrogen-bond donors (Lipinski definition) is 3. The molecule has 2 rings (SSSR count). The van der Waals surface area contributed by atoms with Gasteiger partial charge in [0.05, 0.1) is 36.8 Å². The SMILES string of the molecule is CNC[C@H]1OCCCC[C@@H](C)Oc2ccc(NC(=O)CCC(F)(F)F)cc2C(=O)N([C@@H](C)CO)C[C@H]1C. The van der Waals surface area contributed by atoms with Crippen LogP contribution in [0, 0.1) is 5.92 Å². The number of carbonyl (C=O) groups is 2. The van der Waals surface area contributed by atoms with Gasteiger partial charge in [-0.2, -0.15) is 13.2 Å². The zero-order chi connectivity index (χ0) is 27.6. The van der Waals surface area contributed by atoms with Gasteiger partial charge in [0.25, 0.3) is 5.91 Å². The predicted molar refractivity (Wildman–Crippen MR) is 135 cm³/mol. The number of hydrogen-bond acceptors (Lipinski definition) is 6. The topological polar surface area (TPSA) is 100 Å². The van der Waals surface area contributed by atoms with E-state index in [9.17, 15) is 27.9 Å². The highest BCUT2D eigenvalue weighted by Crippen LogP contribution is 2.29. The van der Waals surface area contributed by atoms with Gasteiger partial charge < -0.3 is 30.1 Å². The van der Waals surface area contributed by atoms with Crippen molar-refractivity contribution >= 4 is 17.5 Å². The van der Waals surface area contributed by atoms with E-state index in [-0.39, 0.29) is 36.0 Å². The van der Waals surface area contributed by atoms with E-state index in [0.717, 1.165) is 19.3 Å². The van der Waals surface area contributed by atoms with Gasteiger partial charge in [0.2, 0.25) is 5.91 Å². The van der Waals surface area contributed by atoms with Crippen molar-refractivity contribution in [3.63, 3.8) is 0 Å². The number of ether oxygens (including phenoxy) is 2. The molecule has 0 saturated heterocycles. The Morgan fingerprint density at radius 1 is 1.27 bits per heavy atom. The Bertz CT molecular complexity index is 884. The van der Waals surface area contributed by atoms with E-state index in [1.54, 1.807) is 17.9 Å². The number of alkyl halides is 3. The largest absolute Gasteiger partial charge is 0.490 e. The van der Waals surface area contributed by atoms with Gasteiger partial charge in [0.1, 0.15) is 5.75 Å². The van der Waals surface area contributed by atoms with Crippen molar-refractivity contribution in [3.05, 3.63) is 23.8 Å². The number of anilines is 1. The lowest BCUT2D eigenvalue weighted by atomic mass is 10.0. The number of nitrogens with zero attached hydrogens (tertiary/aromatic N) is 1. The molecule has 3 N–H and O–H groups in total. The normalized spacial score (nSPS) is 23.0. The molecule has 0 unspecified atom stereocenters. The number of nitrogens with one attached hydrogen (secondary N) is 2. The third kappa shape index (κ3) is 10.1. The maximum absolute atomic E-state index is 13.8. The second-order valence-corrected chi connectivity index (χ2v) is 9.73. The summed E-state index contributed by atoms with van der Waals surface area (Å²) in [6.07, 6.45) is -4.31. The van der Waals surface area contributed by atoms with Crippen molar-refractivity contribution in [2.24, 2.45) is 5.92 Å². The van der Waals surface area contributed by atoms with Gasteiger partial charge in [0, 0.05) is 37.7 Å². The first kappa shape index (κ1) is 30.9. The van der Waals surface area contributed by atoms with E-state index in [0.29, 0.717) is 25.4 Å². The number of benzene rings is 1. The second-order valence-electron chi connectivity index (χ2n) is 9.73. The van der Waals surface area contributed by atoms with Crippen LogP contribution in [-0.4, -0.2) is 79.6 Å². The zero-order valence-corrected chi connectivity index (χ0v) is 22.1. The molecular formula is C26H40F3N3O5. The van der Waals surface area contributed by atoms with Gasteiger partial charge >= 0.3 is 6.18 Å². The molecular weight excluding hydrogens is 491 g/mol. The minimum Gasteiger partial charge on any atom is -0.490 e. The Labute approximate surface area is 216 Å². The van der Waals surface area contributed by atoms with Crippen LogP contribution in [0.15, 0.2) is 18.2 Å². The maximum Gasteiger partial charge on any atom is 0.389 e. The minimum atomic E-state index is -4.44. The number of amides is 2. The number of aliphatic hydroxyl groups is 1. The van der Waals surface area contributed by atoms with Crippen molar-refractivity contribution in [1.29, 1.82) is 0 Å². The molecule has 0 saturated carbocycles. The van der Waals surface area contributed by atoms with Crippen molar-refractivity contribution < 1.29 is 37.3 Å². The van der Waals surface area contributed by atoms with Crippen molar-refractivity contribution in [3.8, 4) is 5.75 Å². The molecule has 210 valence electrons. The highest BCUT2D eigenvalue weighted by Gasteiger charge is 2.30. The fraction of sp³-hybridized carbons (Fsp3) is 0.692. The molecule has 1 aromatic carbocycles. The van der Waals surface area contributed by atoms with Gasteiger partial charge in [-0.05, 0) is 58.4 Å². The van der Waals surface area contributed by atoms with Crippen LogP contribution in [0.2, 0.25) is 0 Å². The van der Waals surface area contributed by atoms with Crippen molar-refractivity contribution in [1.82, 2.24) is 10.2 Å². The van der Waals surface area contributed by atoms with E-state index in [2.05, 4.69) is 10.6 Å². The molecule has 0 radical (unpaired) electrons. The number of aliphatic hydroxyl groups excluding tert-OH is 1. The van der Waals surface area contributed by atoms with Crippen LogP contribution in [0.1, 0.15) is 63.2 Å².